The third-order valence-corrected chi connectivity index (χ3v) is 3.16. The molecule has 17 heavy (non-hydrogen) atoms. The lowest BCUT2D eigenvalue weighted by Gasteiger charge is -2.14. The van der Waals surface area contributed by atoms with Crippen molar-refractivity contribution >= 4 is 5.78 Å². The van der Waals surface area contributed by atoms with Gasteiger partial charge in [0.2, 0.25) is 0 Å². The molecule has 0 aromatic heterocycles. The zero-order valence-electron chi connectivity index (χ0n) is 10.1. The molecular formula is C13H14F2O2. The SMILES string of the molecule is COCc1c(F)c(F)cc2c1C(=O)C(C)(C)C2. The van der Waals surface area contributed by atoms with Crippen LogP contribution in [0.5, 0.6) is 0 Å². The lowest BCUT2D eigenvalue weighted by molar-refractivity contribution is 0.0859. The van der Waals surface area contributed by atoms with Gasteiger partial charge in [-0.15, -0.1) is 0 Å². The average Bonchev–Trinajstić information content (AvgIpc) is 2.45. The molecule has 2 nitrogen and oxygen atoms in total. The van der Waals surface area contributed by atoms with Crippen LogP contribution in [0.1, 0.15) is 35.3 Å². The van der Waals surface area contributed by atoms with Crippen LogP contribution in [0.15, 0.2) is 6.07 Å². The molecular weight excluding hydrogens is 226 g/mol. The number of halogens is 2. The summed E-state index contributed by atoms with van der Waals surface area (Å²) < 4.78 is 31.9. The molecule has 0 saturated carbocycles. The number of hydrogen-bond acceptors (Lipinski definition) is 2. The number of carbonyl (C=O) groups is 1. The van der Waals surface area contributed by atoms with Crippen molar-refractivity contribution in [1.82, 2.24) is 0 Å². The largest absolute Gasteiger partial charge is 0.380 e. The monoisotopic (exact) mass is 240 g/mol. The van der Waals surface area contributed by atoms with Gasteiger partial charge in [-0.2, -0.15) is 0 Å². The van der Waals surface area contributed by atoms with Crippen molar-refractivity contribution in [3.05, 3.63) is 34.4 Å². The van der Waals surface area contributed by atoms with Crippen LogP contribution in [0.3, 0.4) is 0 Å². The summed E-state index contributed by atoms with van der Waals surface area (Å²) in [5, 5.41) is 0. The summed E-state index contributed by atoms with van der Waals surface area (Å²) in [4.78, 5) is 12.1. The van der Waals surface area contributed by atoms with Crippen LogP contribution in [-0.2, 0) is 17.8 Å². The van der Waals surface area contributed by atoms with E-state index in [0.29, 0.717) is 17.5 Å². The second-order valence-corrected chi connectivity index (χ2v) is 5.01. The first-order chi connectivity index (χ1) is 7.88. The molecule has 0 saturated heterocycles. The van der Waals surface area contributed by atoms with E-state index in [1.807, 2.05) is 0 Å². The molecule has 0 fully saturated rings. The molecule has 0 bridgehead atoms. The minimum absolute atomic E-state index is 0.0399. The third kappa shape index (κ3) is 1.76. The van der Waals surface area contributed by atoms with E-state index >= 15 is 0 Å². The van der Waals surface area contributed by atoms with Crippen molar-refractivity contribution < 1.29 is 18.3 Å². The van der Waals surface area contributed by atoms with Crippen LogP contribution in [-0.4, -0.2) is 12.9 Å². The lowest BCUT2D eigenvalue weighted by atomic mass is 9.88. The van der Waals surface area contributed by atoms with Crippen molar-refractivity contribution in [3.8, 4) is 0 Å². The normalized spacial score (nSPS) is 17.4. The van der Waals surface area contributed by atoms with Crippen LogP contribution in [0.25, 0.3) is 0 Å². The Morgan fingerprint density at radius 2 is 2.06 bits per heavy atom. The van der Waals surface area contributed by atoms with Gasteiger partial charge in [0.25, 0.3) is 0 Å². The smallest absolute Gasteiger partial charge is 0.169 e. The highest BCUT2D eigenvalue weighted by Gasteiger charge is 2.40. The molecule has 92 valence electrons. The van der Waals surface area contributed by atoms with Crippen LogP contribution in [0, 0.1) is 17.0 Å². The molecule has 1 aromatic carbocycles. The standard InChI is InChI=1S/C13H14F2O2/c1-13(2)5-7-4-9(14)11(15)8(6-17-3)10(7)12(13)16/h4H,5-6H2,1-3H3. The Labute approximate surface area is 98.6 Å². The Kier molecular flexibility index (Phi) is 2.78. The lowest BCUT2D eigenvalue weighted by Crippen LogP contribution is -2.20. The van der Waals surface area contributed by atoms with Gasteiger partial charge in [-0.3, -0.25) is 4.79 Å². The summed E-state index contributed by atoms with van der Waals surface area (Å²) >= 11 is 0. The van der Waals surface area contributed by atoms with Crippen molar-refractivity contribution in [2.45, 2.75) is 26.9 Å². The maximum absolute atomic E-state index is 13.7. The molecule has 1 aliphatic rings. The summed E-state index contributed by atoms with van der Waals surface area (Å²) in [6.07, 6.45) is 0.440. The fourth-order valence-electron chi connectivity index (χ4n) is 2.33. The third-order valence-electron chi connectivity index (χ3n) is 3.16. The Bertz CT molecular complexity index is 493. The zero-order chi connectivity index (χ0) is 12.8. The molecule has 1 aromatic rings. The van der Waals surface area contributed by atoms with Gasteiger partial charge in [-0.25, -0.2) is 8.78 Å². The van der Waals surface area contributed by atoms with Crippen molar-refractivity contribution in [2.24, 2.45) is 5.41 Å². The van der Waals surface area contributed by atoms with Crippen molar-refractivity contribution in [2.75, 3.05) is 7.11 Å². The Balaban J connectivity index is 2.66. The topological polar surface area (TPSA) is 26.3 Å². The van der Waals surface area contributed by atoms with E-state index in [1.54, 1.807) is 13.8 Å². The van der Waals surface area contributed by atoms with E-state index in [0.717, 1.165) is 6.07 Å². The number of rotatable bonds is 2. The van der Waals surface area contributed by atoms with Gasteiger partial charge in [0.05, 0.1) is 6.61 Å². The average molecular weight is 240 g/mol. The van der Waals surface area contributed by atoms with E-state index in [1.165, 1.54) is 7.11 Å². The minimum Gasteiger partial charge on any atom is -0.380 e. The minimum atomic E-state index is -0.975. The summed E-state index contributed by atoms with van der Waals surface area (Å²) in [5.41, 5.74) is 0.324. The summed E-state index contributed by atoms with van der Waals surface area (Å²) in [5.74, 6) is -2.03. The molecule has 0 spiro atoms. The van der Waals surface area contributed by atoms with Gasteiger partial charge in [0.15, 0.2) is 17.4 Å². The van der Waals surface area contributed by atoms with Crippen molar-refractivity contribution in [3.63, 3.8) is 0 Å². The number of carbonyl (C=O) groups excluding carboxylic acids is 1. The van der Waals surface area contributed by atoms with E-state index in [2.05, 4.69) is 0 Å². The Hall–Kier alpha value is -1.29. The maximum atomic E-state index is 13.7. The van der Waals surface area contributed by atoms with Crippen molar-refractivity contribution in [1.29, 1.82) is 0 Å². The first-order valence-corrected chi connectivity index (χ1v) is 5.42. The number of ether oxygens (including phenoxy) is 1. The molecule has 0 atom stereocenters. The number of benzene rings is 1. The predicted octanol–water partition coefficient (Wildman–Crippen LogP) is 2.88. The van der Waals surface area contributed by atoms with E-state index < -0.39 is 17.0 Å². The van der Waals surface area contributed by atoms with Crippen LogP contribution < -0.4 is 0 Å². The molecule has 0 heterocycles. The fraction of sp³-hybridized carbons (Fsp3) is 0.462. The first kappa shape index (κ1) is 12.2. The van der Waals surface area contributed by atoms with Gasteiger partial charge >= 0.3 is 0 Å². The second kappa shape index (κ2) is 3.88. The highest BCUT2D eigenvalue weighted by atomic mass is 19.2. The molecule has 0 aliphatic heterocycles. The Morgan fingerprint density at radius 1 is 1.41 bits per heavy atom. The number of methoxy groups -OCH3 is 1. The first-order valence-electron chi connectivity index (χ1n) is 5.42. The molecule has 2 rings (SSSR count). The van der Waals surface area contributed by atoms with Gasteiger partial charge in [0.1, 0.15) is 0 Å². The number of fused-ring (bicyclic) bond motifs is 1. The molecule has 0 radical (unpaired) electrons. The molecule has 0 N–H and O–H groups in total. The van der Waals surface area contributed by atoms with Crippen LogP contribution in [0.2, 0.25) is 0 Å². The molecule has 4 heteroatoms. The number of Topliss-reactive ketones (excluding diaryl/α,β-unsaturated/α-hetero) is 1. The summed E-state index contributed by atoms with van der Waals surface area (Å²) in [6.45, 7) is 3.47. The molecule has 0 unspecified atom stereocenters. The fourth-order valence-corrected chi connectivity index (χ4v) is 2.33. The van der Waals surface area contributed by atoms with Gasteiger partial charge in [-0.05, 0) is 18.1 Å². The van der Waals surface area contributed by atoms with Gasteiger partial charge in [0, 0.05) is 23.7 Å². The zero-order valence-corrected chi connectivity index (χ0v) is 10.1. The number of ketones is 1. The second-order valence-electron chi connectivity index (χ2n) is 5.01. The summed E-state index contributed by atoms with van der Waals surface area (Å²) in [7, 11) is 1.39. The summed E-state index contributed by atoms with van der Waals surface area (Å²) in [6, 6.07) is 1.12. The van der Waals surface area contributed by atoms with Gasteiger partial charge in [-0.1, -0.05) is 13.8 Å². The van der Waals surface area contributed by atoms with E-state index in [4.69, 9.17) is 4.74 Å². The quantitative estimate of drug-likeness (QED) is 0.794. The highest BCUT2D eigenvalue weighted by Crippen LogP contribution is 2.39. The predicted molar refractivity (Wildman–Crippen MR) is 58.9 cm³/mol. The Morgan fingerprint density at radius 3 is 2.65 bits per heavy atom. The number of hydrogen-bond donors (Lipinski definition) is 0. The highest BCUT2D eigenvalue weighted by molar-refractivity contribution is 6.05. The van der Waals surface area contributed by atoms with Crippen LogP contribution >= 0.6 is 0 Å². The molecule has 0 amide bonds. The van der Waals surface area contributed by atoms with Gasteiger partial charge < -0.3 is 4.74 Å². The maximum Gasteiger partial charge on any atom is 0.169 e. The molecule has 1 aliphatic carbocycles. The van der Waals surface area contributed by atoms with Crippen LogP contribution in [0.4, 0.5) is 8.78 Å². The van der Waals surface area contributed by atoms with E-state index in [9.17, 15) is 13.6 Å². The van der Waals surface area contributed by atoms with E-state index in [-0.39, 0.29) is 18.0 Å².